The second kappa shape index (κ2) is 6.92. The summed E-state index contributed by atoms with van der Waals surface area (Å²) in [7, 11) is 0. The highest BCUT2D eigenvalue weighted by Crippen LogP contribution is 2.25. The number of nitrogens with one attached hydrogen (secondary N) is 1. The second-order valence-electron chi connectivity index (χ2n) is 4.50. The molecule has 0 bridgehead atoms. The predicted molar refractivity (Wildman–Crippen MR) is 88.8 cm³/mol. The predicted octanol–water partition coefficient (Wildman–Crippen LogP) is 5.00. The van der Waals surface area contributed by atoms with Gasteiger partial charge in [0.2, 0.25) is 0 Å². The van der Waals surface area contributed by atoms with Gasteiger partial charge >= 0.3 is 0 Å². The molecule has 0 radical (unpaired) electrons. The van der Waals surface area contributed by atoms with Gasteiger partial charge in [-0.2, -0.15) is 0 Å². The molecule has 1 atom stereocenters. The van der Waals surface area contributed by atoms with Crippen molar-refractivity contribution in [3.05, 3.63) is 57.4 Å². The van der Waals surface area contributed by atoms with E-state index in [-0.39, 0.29) is 11.9 Å². The zero-order valence-corrected chi connectivity index (χ0v) is 13.6. The van der Waals surface area contributed by atoms with Crippen LogP contribution in [0.15, 0.2) is 42.5 Å². The van der Waals surface area contributed by atoms with Crippen LogP contribution in [0.4, 0.5) is 10.1 Å². The van der Waals surface area contributed by atoms with Crippen LogP contribution >= 0.6 is 22.6 Å². The fourth-order valence-corrected chi connectivity index (χ4v) is 2.31. The summed E-state index contributed by atoms with van der Waals surface area (Å²) in [4.78, 5) is 0. The van der Waals surface area contributed by atoms with Crippen LogP contribution in [0.25, 0.3) is 0 Å². The number of anilines is 1. The molecule has 0 saturated heterocycles. The molecule has 0 amide bonds. The van der Waals surface area contributed by atoms with E-state index in [4.69, 9.17) is 4.74 Å². The fourth-order valence-electron chi connectivity index (χ4n) is 1.95. The Labute approximate surface area is 132 Å². The van der Waals surface area contributed by atoms with Crippen molar-refractivity contribution < 1.29 is 9.13 Å². The minimum absolute atomic E-state index is 0.115. The Bertz CT molecular complexity index is 571. The van der Waals surface area contributed by atoms with Gasteiger partial charge in [-0.05, 0) is 66.3 Å². The molecule has 0 aliphatic heterocycles. The highest BCUT2D eigenvalue weighted by atomic mass is 127. The first-order valence-electron chi connectivity index (χ1n) is 6.54. The standard InChI is InChI=1S/C16H17FINO/c1-3-20-16-9-8-14(10-15(16)17)19-11(2)12-4-6-13(18)7-5-12/h4-11,19H,3H2,1-2H3. The molecule has 0 fully saturated rings. The van der Waals surface area contributed by atoms with Crippen LogP contribution in [0.5, 0.6) is 5.75 Å². The molecule has 0 aliphatic carbocycles. The number of hydrogen-bond acceptors (Lipinski definition) is 2. The maximum atomic E-state index is 13.8. The molecular formula is C16H17FINO. The van der Waals surface area contributed by atoms with Gasteiger partial charge in [-0.3, -0.25) is 0 Å². The van der Waals surface area contributed by atoms with E-state index in [1.54, 1.807) is 6.07 Å². The largest absolute Gasteiger partial charge is 0.491 e. The SMILES string of the molecule is CCOc1ccc(NC(C)c2ccc(I)cc2)cc1F. The Morgan fingerprint density at radius 1 is 1.20 bits per heavy atom. The van der Waals surface area contributed by atoms with Crippen molar-refractivity contribution in [2.75, 3.05) is 11.9 Å². The second-order valence-corrected chi connectivity index (χ2v) is 5.74. The van der Waals surface area contributed by atoms with Gasteiger partial charge in [-0.25, -0.2) is 4.39 Å². The number of ether oxygens (including phenoxy) is 1. The molecule has 0 heterocycles. The highest BCUT2D eigenvalue weighted by Gasteiger charge is 2.08. The summed E-state index contributed by atoms with van der Waals surface area (Å²) in [6, 6.07) is 13.3. The highest BCUT2D eigenvalue weighted by molar-refractivity contribution is 14.1. The molecule has 2 nitrogen and oxygen atoms in total. The zero-order chi connectivity index (χ0) is 14.5. The summed E-state index contributed by atoms with van der Waals surface area (Å²) in [5, 5.41) is 3.29. The summed E-state index contributed by atoms with van der Waals surface area (Å²) in [5.41, 5.74) is 1.91. The van der Waals surface area contributed by atoms with Crippen LogP contribution < -0.4 is 10.1 Å². The molecule has 0 spiro atoms. The van der Waals surface area contributed by atoms with E-state index in [2.05, 4.69) is 59.1 Å². The first-order chi connectivity index (χ1) is 9.60. The third kappa shape index (κ3) is 3.85. The van der Waals surface area contributed by atoms with Gasteiger partial charge in [0.1, 0.15) is 0 Å². The third-order valence-corrected chi connectivity index (χ3v) is 3.70. The number of halogens is 2. The minimum Gasteiger partial charge on any atom is -0.491 e. The summed E-state index contributed by atoms with van der Waals surface area (Å²) in [6.07, 6.45) is 0. The maximum absolute atomic E-state index is 13.8. The molecule has 2 aromatic carbocycles. The van der Waals surface area contributed by atoms with Crippen molar-refractivity contribution in [3.63, 3.8) is 0 Å². The van der Waals surface area contributed by atoms with Crippen molar-refractivity contribution >= 4 is 28.3 Å². The molecule has 106 valence electrons. The zero-order valence-electron chi connectivity index (χ0n) is 11.5. The lowest BCUT2D eigenvalue weighted by molar-refractivity contribution is 0.321. The van der Waals surface area contributed by atoms with Gasteiger partial charge in [0.05, 0.1) is 6.61 Å². The Kier molecular flexibility index (Phi) is 5.23. The molecule has 2 aromatic rings. The van der Waals surface area contributed by atoms with Gasteiger partial charge in [-0.15, -0.1) is 0 Å². The van der Waals surface area contributed by atoms with Crippen LogP contribution in [-0.2, 0) is 0 Å². The van der Waals surface area contributed by atoms with Gasteiger partial charge in [0, 0.05) is 21.4 Å². The van der Waals surface area contributed by atoms with Gasteiger partial charge in [0.25, 0.3) is 0 Å². The molecule has 2 rings (SSSR count). The van der Waals surface area contributed by atoms with E-state index in [1.165, 1.54) is 15.2 Å². The number of rotatable bonds is 5. The van der Waals surface area contributed by atoms with Gasteiger partial charge < -0.3 is 10.1 Å². The van der Waals surface area contributed by atoms with Crippen LogP contribution in [0.1, 0.15) is 25.5 Å². The summed E-state index contributed by atoms with van der Waals surface area (Å²) < 4.78 is 20.2. The van der Waals surface area contributed by atoms with Gasteiger partial charge in [0.15, 0.2) is 11.6 Å². The Hall–Kier alpha value is -1.30. The Morgan fingerprint density at radius 3 is 2.50 bits per heavy atom. The lowest BCUT2D eigenvalue weighted by Gasteiger charge is -2.16. The van der Waals surface area contributed by atoms with Crippen LogP contribution in [0.2, 0.25) is 0 Å². The summed E-state index contributed by atoms with van der Waals surface area (Å²) in [6.45, 7) is 4.35. The Balaban J connectivity index is 2.09. The minimum atomic E-state index is -0.341. The first-order valence-corrected chi connectivity index (χ1v) is 7.62. The van der Waals surface area contributed by atoms with Crippen LogP contribution in [-0.4, -0.2) is 6.61 Å². The Morgan fingerprint density at radius 2 is 1.90 bits per heavy atom. The molecular weight excluding hydrogens is 368 g/mol. The van der Waals surface area contributed by atoms with E-state index < -0.39 is 0 Å². The molecule has 1 N–H and O–H groups in total. The normalized spacial score (nSPS) is 12.0. The van der Waals surface area contributed by atoms with Gasteiger partial charge in [-0.1, -0.05) is 12.1 Å². The van der Waals surface area contributed by atoms with Crippen molar-refractivity contribution in [1.29, 1.82) is 0 Å². The first kappa shape index (κ1) is 15.1. The van der Waals surface area contributed by atoms with Crippen molar-refractivity contribution in [1.82, 2.24) is 0 Å². The van der Waals surface area contributed by atoms with E-state index in [0.29, 0.717) is 12.4 Å². The molecule has 20 heavy (non-hydrogen) atoms. The molecule has 4 heteroatoms. The molecule has 1 unspecified atom stereocenters. The van der Waals surface area contributed by atoms with E-state index in [1.807, 2.05) is 13.0 Å². The van der Waals surface area contributed by atoms with Crippen LogP contribution in [0.3, 0.4) is 0 Å². The van der Waals surface area contributed by atoms with Crippen LogP contribution in [0, 0.1) is 9.39 Å². The van der Waals surface area contributed by atoms with Crippen molar-refractivity contribution in [2.24, 2.45) is 0 Å². The molecule has 0 aliphatic rings. The number of benzene rings is 2. The van der Waals surface area contributed by atoms with E-state index in [0.717, 1.165) is 5.69 Å². The van der Waals surface area contributed by atoms with E-state index >= 15 is 0 Å². The fraction of sp³-hybridized carbons (Fsp3) is 0.250. The molecule has 0 saturated carbocycles. The quantitative estimate of drug-likeness (QED) is 0.732. The average molecular weight is 385 g/mol. The maximum Gasteiger partial charge on any atom is 0.167 e. The summed E-state index contributed by atoms with van der Waals surface area (Å²) in [5.74, 6) is -0.0494. The average Bonchev–Trinajstić information content (AvgIpc) is 2.42. The summed E-state index contributed by atoms with van der Waals surface area (Å²) >= 11 is 2.28. The monoisotopic (exact) mass is 385 g/mol. The number of hydrogen-bond donors (Lipinski definition) is 1. The molecule has 0 aromatic heterocycles. The van der Waals surface area contributed by atoms with E-state index in [9.17, 15) is 4.39 Å². The lowest BCUT2D eigenvalue weighted by Crippen LogP contribution is -2.07. The third-order valence-electron chi connectivity index (χ3n) is 2.98. The smallest absolute Gasteiger partial charge is 0.167 e. The van der Waals surface area contributed by atoms with Crippen molar-refractivity contribution in [3.8, 4) is 5.75 Å². The lowest BCUT2D eigenvalue weighted by atomic mass is 10.1. The van der Waals surface area contributed by atoms with Crippen molar-refractivity contribution in [2.45, 2.75) is 19.9 Å². The topological polar surface area (TPSA) is 21.3 Å².